The Morgan fingerprint density at radius 1 is 1.15 bits per heavy atom. The molecule has 3 rings (SSSR count). The number of methoxy groups -OCH3 is 1. The van der Waals surface area contributed by atoms with E-state index in [1.807, 2.05) is 0 Å². The fourth-order valence-electron chi connectivity index (χ4n) is 2.85. The molecule has 0 saturated carbocycles. The van der Waals surface area contributed by atoms with Gasteiger partial charge in [0.1, 0.15) is 17.4 Å². The van der Waals surface area contributed by atoms with Gasteiger partial charge in [0, 0.05) is 17.5 Å². The minimum atomic E-state index is -1.18. The van der Waals surface area contributed by atoms with E-state index in [1.165, 1.54) is 37.4 Å². The van der Waals surface area contributed by atoms with E-state index in [0.717, 1.165) is 10.9 Å². The molecule has 0 amide bonds. The molecule has 3 N–H and O–H groups in total. The van der Waals surface area contributed by atoms with Gasteiger partial charge in [0.25, 0.3) is 0 Å². The number of phenolic OH excluding ortho intramolecular Hbond substituents is 1. The van der Waals surface area contributed by atoms with Crippen molar-refractivity contribution in [2.75, 3.05) is 13.7 Å². The van der Waals surface area contributed by atoms with Gasteiger partial charge in [-0.1, -0.05) is 6.07 Å². The van der Waals surface area contributed by atoms with Gasteiger partial charge in [-0.25, -0.2) is 4.79 Å². The van der Waals surface area contributed by atoms with Crippen LogP contribution in [0.3, 0.4) is 0 Å². The number of fused-ring (bicyclic) bond motifs is 1. The molecule has 2 atom stereocenters. The molecule has 7 heteroatoms. The summed E-state index contributed by atoms with van der Waals surface area (Å²) in [5.41, 5.74) is 1.08. The molecule has 27 heavy (non-hydrogen) atoms. The van der Waals surface area contributed by atoms with Crippen molar-refractivity contribution in [2.45, 2.75) is 19.1 Å². The molecule has 0 aliphatic rings. The molecule has 3 aromatic rings. The Balaban J connectivity index is 1.88. The number of hydrogen-bond acceptors (Lipinski definition) is 7. The Bertz CT molecular complexity index is 1010. The third kappa shape index (κ3) is 3.89. The highest BCUT2D eigenvalue weighted by atomic mass is 16.5. The number of rotatable bonds is 6. The largest absolute Gasteiger partial charge is 0.504 e. The Morgan fingerprint density at radius 2 is 1.93 bits per heavy atom. The molecule has 0 radical (unpaired) electrons. The van der Waals surface area contributed by atoms with Crippen LogP contribution in [-0.4, -0.2) is 35.1 Å². The van der Waals surface area contributed by atoms with E-state index in [1.54, 1.807) is 19.1 Å². The minimum Gasteiger partial charge on any atom is -0.504 e. The molecule has 142 valence electrons. The quantitative estimate of drug-likeness (QED) is 0.570. The van der Waals surface area contributed by atoms with E-state index in [4.69, 9.17) is 13.9 Å². The average molecular weight is 372 g/mol. The second-order valence-electron chi connectivity index (χ2n) is 6.12. The highest BCUT2D eigenvalue weighted by Gasteiger charge is 2.23. The van der Waals surface area contributed by atoms with Gasteiger partial charge >= 0.3 is 5.63 Å². The lowest BCUT2D eigenvalue weighted by Gasteiger charge is -2.23. The van der Waals surface area contributed by atoms with Crippen LogP contribution in [0.4, 0.5) is 0 Å². The van der Waals surface area contributed by atoms with Gasteiger partial charge < -0.3 is 29.2 Å². The molecule has 0 bridgehead atoms. The maximum atomic E-state index is 11.6. The summed E-state index contributed by atoms with van der Waals surface area (Å²) in [6, 6.07) is 10.7. The smallest absolute Gasteiger partial charge is 0.336 e. The summed E-state index contributed by atoms with van der Waals surface area (Å²) in [5, 5.41) is 30.7. The number of aliphatic hydroxyl groups excluding tert-OH is 2. The lowest BCUT2D eigenvalue weighted by molar-refractivity contribution is 0.000694. The molecule has 2 unspecified atom stereocenters. The van der Waals surface area contributed by atoms with Gasteiger partial charge in [0.05, 0.1) is 13.7 Å². The molecular weight excluding hydrogens is 352 g/mol. The fourth-order valence-corrected chi connectivity index (χ4v) is 2.85. The number of ether oxygens (including phenoxy) is 2. The van der Waals surface area contributed by atoms with Gasteiger partial charge in [-0.2, -0.15) is 0 Å². The van der Waals surface area contributed by atoms with Crippen molar-refractivity contribution in [1.82, 2.24) is 0 Å². The molecule has 0 aliphatic carbocycles. The molecule has 0 aliphatic heterocycles. The molecular formula is C20H20O7. The normalized spacial score (nSPS) is 13.3. The van der Waals surface area contributed by atoms with Crippen LogP contribution in [-0.2, 0) is 0 Å². The lowest BCUT2D eigenvalue weighted by atomic mass is 10.0. The van der Waals surface area contributed by atoms with Crippen molar-refractivity contribution < 1.29 is 29.2 Å². The second-order valence-corrected chi connectivity index (χ2v) is 6.12. The van der Waals surface area contributed by atoms with Gasteiger partial charge in [-0.15, -0.1) is 0 Å². The van der Waals surface area contributed by atoms with Gasteiger partial charge in [-0.3, -0.25) is 0 Å². The van der Waals surface area contributed by atoms with Crippen LogP contribution in [0.5, 0.6) is 17.2 Å². The van der Waals surface area contributed by atoms with Crippen LogP contribution < -0.4 is 15.1 Å². The molecule has 1 heterocycles. The number of phenols is 1. The molecule has 7 nitrogen and oxygen atoms in total. The van der Waals surface area contributed by atoms with E-state index in [0.29, 0.717) is 16.9 Å². The summed E-state index contributed by atoms with van der Waals surface area (Å²) in [7, 11) is 1.40. The van der Waals surface area contributed by atoms with Crippen LogP contribution in [0.1, 0.15) is 17.2 Å². The average Bonchev–Trinajstić information content (AvgIpc) is 2.65. The first kappa shape index (κ1) is 18.8. The van der Waals surface area contributed by atoms with Crippen LogP contribution in [0.2, 0.25) is 0 Å². The predicted octanol–water partition coefficient (Wildman–Crippen LogP) is 2.29. The fraction of sp³-hybridized carbons (Fsp3) is 0.250. The standard InChI is InChI=1S/C20H20O7/c1-11-7-19(23)27-16-9-13(4-5-14(11)16)26-18(10-21)20(24)12-3-6-15(22)17(8-12)25-2/h3-9,18,20-22,24H,10H2,1-2H3. The summed E-state index contributed by atoms with van der Waals surface area (Å²) >= 11 is 0. The highest BCUT2D eigenvalue weighted by Crippen LogP contribution is 2.31. The Kier molecular flexibility index (Phi) is 5.34. The zero-order valence-electron chi connectivity index (χ0n) is 14.9. The van der Waals surface area contributed by atoms with Gasteiger partial charge in [0.2, 0.25) is 0 Å². The third-order valence-corrected chi connectivity index (χ3v) is 4.29. The Labute approximate surface area is 155 Å². The first-order valence-electron chi connectivity index (χ1n) is 8.30. The van der Waals surface area contributed by atoms with E-state index in [2.05, 4.69) is 0 Å². The number of benzene rings is 2. The van der Waals surface area contributed by atoms with Crippen molar-refractivity contribution in [3.63, 3.8) is 0 Å². The number of aromatic hydroxyl groups is 1. The summed E-state index contributed by atoms with van der Waals surface area (Å²) < 4.78 is 15.9. The molecule has 0 saturated heterocycles. The summed E-state index contributed by atoms with van der Waals surface area (Å²) in [4.78, 5) is 11.6. The molecule has 1 aromatic heterocycles. The monoisotopic (exact) mass is 372 g/mol. The Morgan fingerprint density at radius 3 is 2.63 bits per heavy atom. The SMILES string of the molecule is COc1cc(C(O)C(CO)Oc2ccc3c(C)cc(=O)oc3c2)ccc1O. The van der Waals surface area contributed by atoms with E-state index >= 15 is 0 Å². The first-order valence-corrected chi connectivity index (χ1v) is 8.30. The predicted molar refractivity (Wildman–Crippen MR) is 98.3 cm³/mol. The number of aliphatic hydroxyl groups is 2. The minimum absolute atomic E-state index is 0.0603. The van der Waals surface area contributed by atoms with E-state index in [-0.39, 0.29) is 11.5 Å². The topological polar surface area (TPSA) is 109 Å². The van der Waals surface area contributed by atoms with Crippen molar-refractivity contribution in [2.24, 2.45) is 0 Å². The second kappa shape index (κ2) is 7.69. The first-order chi connectivity index (χ1) is 12.9. The molecule has 0 spiro atoms. The zero-order chi connectivity index (χ0) is 19.6. The summed E-state index contributed by atoms with van der Waals surface area (Å²) in [6.07, 6.45) is -2.15. The van der Waals surface area contributed by atoms with Crippen LogP contribution in [0, 0.1) is 6.92 Å². The lowest BCUT2D eigenvalue weighted by Crippen LogP contribution is -2.29. The summed E-state index contributed by atoms with van der Waals surface area (Å²) in [5.74, 6) is 0.473. The van der Waals surface area contributed by atoms with Crippen LogP contribution >= 0.6 is 0 Å². The van der Waals surface area contributed by atoms with E-state index in [9.17, 15) is 20.1 Å². The van der Waals surface area contributed by atoms with Crippen molar-refractivity contribution in [3.8, 4) is 17.2 Å². The van der Waals surface area contributed by atoms with E-state index < -0.39 is 24.4 Å². The molecule has 2 aromatic carbocycles. The molecule has 0 fully saturated rings. The summed E-state index contributed by atoms with van der Waals surface area (Å²) in [6.45, 7) is 1.35. The Hall–Kier alpha value is -3.03. The maximum absolute atomic E-state index is 11.6. The third-order valence-electron chi connectivity index (χ3n) is 4.29. The van der Waals surface area contributed by atoms with Crippen molar-refractivity contribution in [1.29, 1.82) is 0 Å². The highest BCUT2D eigenvalue weighted by molar-refractivity contribution is 5.81. The van der Waals surface area contributed by atoms with Crippen molar-refractivity contribution >= 4 is 11.0 Å². The van der Waals surface area contributed by atoms with Crippen LogP contribution in [0.15, 0.2) is 51.7 Å². The maximum Gasteiger partial charge on any atom is 0.336 e. The number of aryl methyl sites for hydroxylation is 1. The zero-order valence-corrected chi connectivity index (χ0v) is 14.9. The van der Waals surface area contributed by atoms with Gasteiger partial charge in [0.15, 0.2) is 17.6 Å². The van der Waals surface area contributed by atoms with Gasteiger partial charge in [-0.05, 0) is 42.3 Å². The van der Waals surface area contributed by atoms with Crippen LogP contribution in [0.25, 0.3) is 11.0 Å². The van der Waals surface area contributed by atoms with Crippen molar-refractivity contribution in [3.05, 3.63) is 64.0 Å². The number of hydrogen-bond donors (Lipinski definition) is 3.